The largest absolute Gasteiger partial charge is 0.480 e. The average molecular weight is 278 g/mol. The molecule has 0 fully saturated rings. The fraction of sp³-hybridized carbons (Fsp3) is 0.357. The first kappa shape index (κ1) is 15.7. The number of carboxylic acid groups (broad SMARTS) is 1. The first-order chi connectivity index (χ1) is 9.31. The van der Waals surface area contributed by atoms with Crippen LogP contribution in [0.4, 0.5) is 0 Å². The first-order valence-corrected chi connectivity index (χ1v) is 6.26. The lowest BCUT2D eigenvalue weighted by Crippen LogP contribution is -2.38. The fourth-order valence-corrected chi connectivity index (χ4v) is 1.46. The van der Waals surface area contributed by atoms with E-state index >= 15 is 0 Å². The molecule has 1 aromatic carbocycles. The SMILES string of the molecule is CC(C)NC(=O)c1ccc(C(=O)N[C@H](C)C(=O)O)cc1. The molecule has 1 aromatic rings. The van der Waals surface area contributed by atoms with Crippen LogP contribution >= 0.6 is 0 Å². The highest BCUT2D eigenvalue weighted by molar-refractivity contribution is 5.99. The van der Waals surface area contributed by atoms with E-state index in [1.54, 1.807) is 0 Å². The van der Waals surface area contributed by atoms with E-state index < -0.39 is 17.9 Å². The van der Waals surface area contributed by atoms with Crippen LogP contribution in [-0.4, -0.2) is 35.0 Å². The molecule has 3 N–H and O–H groups in total. The van der Waals surface area contributed by atoms with Crippen LogP contribution in [0, 0.1) is 0 Å². The van der Waals surface area contributed by atoms with Crippen molar-refractivity contribution in [2.45, 2.75) is 32.9 Å². The summed E-state index contributed by atoms with van der Waals surface area (Å²) in [5.41, 5.74) is 0.751. The van der Waals surface area contributed by atoms with Crippen molar-refractivity contribution >= 4 is 17.8 Å². The molecule has 2 amide bonds. The van der Waals surface area contributed by atoms with Crippen molar-refractivity contribution in [1.29, 1.82) is 0 Å². The van der Waals surface area contributed by atoms with Crippen molar-refractivity contribution in [3.8, 4) is 0 Å². The van der Waals surface area contributed by atoms with Crippen LogP contribution in [0.2, 0.25) is 0 Å². The Labute approximate surface area is 117 Å². The van der Waals surface area contributed by atoms with E-state index in [4.69, 9.17) is 5.11 Å². The van der Waals surface area contributed by atoms with Crippen LogP contribution < -0.4 is 10.6 Å². The molecule has 0 saturated heterocycles. The second-order valence-electron chi connectivity index (χ2n) is 4.74. The highest BCUT2D eigenvalue weighted by atomic mass is 16.4. The van der Waals surface area contributed by atoms with E-state index in [1.807, 2.05) is 13.8 Å². The van der Waals surface area contributed by atoms with Gasteiger partial charge in [-0.1, -0.05) is 0 Å². The van der Waals surface area contributed by atoms with Gasteiger partial charge in [0, 0.05) is 17.2 Å². The van der Waals surface area contributed by atoms with Crippen molar-refractivity contribution < 1.29 is 19.5 Å². The minimum absolute atomic E-state index is 0.0295. The van der Waals surface area contributed by atoms with E-state index in [0.29, 0.717) is 11.1 Å². The maximum atomic E-state index is 11.7. The Balaban J connectivity index is 2.73. The lowest BCUT2D eigenvalue weighted by molar-refractivity contribution is -0.138. The monoisotopic (exact) mass is 278 g/mol. The van der Waals surface area contributed by atoms with E-state index in [2.05, 4.69) is 10.6 Å². The highest BCUT2D eigenvalue weighted by Crippen LogP contribution is 2.05. The maximum absolute atomic E-state index is 11.7. The lowest BCUT2D eigenvalue weighted by atomic mass is 10.1. The molecule has 1 rings (SSSR count). The van der Waals surface area contributed by atoms with Gasteiger partial charge in [-0.2, -0.15) is 0 Å². The molecule has 0 spiro atoms. The molecule has 0 bridgehead atoms. The number of benzene rings is 1. The summed E-state index contributed by atoms with van der Waals surface area (Å²) in [6.07, 6.45) is 0. The number of hydrogen-bond acceptors (Lipinski definition) is 3. The number of hydrogen-bond donors (Lipinski definition) is 3. The standard InChI is InChI=1S/C14H18N2O4/c1-8(2)15-12(17)10-4-6-11(7-5-10)13(18)16-9(3)14(19)20/h4-9H,1-3H3,(H,15,17)(H,16,18)(H,19,20)/t9-/m1/s1. The van der Waals surface area contributed by atoms with Gasteiger partial charge in [0.2, 0.25) is 0 Å². The summed E-state index contributed by atoms with van der Waals surface area (Å²) in [6.45, 7) is 5.09. The van der Waals surface area contributed by atoms with Crippen LogP contribution in [0.5, 0.6) is 0 Å². The van der Waals surface area contributed by atoms with Crippen molar-refractivity contribution in [2.75, 3.05) is 0 Å². The predicted molar refractivity (Wildman–Crippen MR) is 73.6 cm³/mol. The number of amides is 2. The van der Waals surface area contributed by atoms with Gasteiger partial charge >= 0.3 is 5.97 Å². The van der Waals surface area contributed by atoms with Crippen LogP contribution in [-0.2, 0) is 4.79 Å². The van der Waals surface area contributed by atoms with Gasteiger partial charge in [0.05, 0.1) is 0 Å². The van der Waals surface area contributed by atoms with Gasteiger partial charge in [-0.15, -0.1) is 0 Å². The summed E-state index contributed by atoms with van der Waals surface area (Å²) in [6, 6.07) is 5.09. The van der Waals surface area contributed by atoms with E-state index in [-0.39, 0.29) is 11.9 Å². The van der Waals surface area contributed by atoms with Crippen molar-refractivity contribution in [3.05, 3.63) is 35.4 Å². The Kier molecular flexibility index (Phi) is 5.25. The van der Waals surface area contributed by atoms with Gasteiger partial charge in [0.25, 0.3) is 11.8 Å². The predicted octanol–water partition coefficient (Wildman–Crippen LogP) is 1.03. The summed E-state index contributed by atoms with van der Waals surface area (Å²) in [5, 5.41) is 13.8. The van der Waals surface area contributed by atoms with E-state index in [9.17, 15) is 14.4 Å². The van der Waals surface area contributed by atoms with Crippen LogP contribution in [0.1, 0.15) is 41.5 Å². The van der Waals surface area contributed by atoms with Gasteiger partial charge in [0.15, 0.2) is 0 Å². The molecule has 20 heavy (non-hydrogen) atoms. The zero-order valence-electron chi connectivity index (χ0n) is 11.6. The second kappa shape index (κ2) is 6.70. The Hall–Kier alpha value is -2.37. The zero-order chi connectivity index (χ0) is 15.3. The summed E-state index contributed by atoms with van der Waals surface area (Å²) in [7, 11) is 0. The summed E-state index contributed by atoms with van der Waals surface area (Å²) < 4.78 is 0. The Bertz CT molecular complexity index is 508. The van der Waals surface area contributed by atoms with Gasteiger partial charge in [-0.3, -0.25) is 14.4 Å². The number of rotatable bonds is 5. The third-order valence-corrected chi connectivity index (χ3v) is 2.55. The molecule has 6 nitrogen and oxygen atoms in total. The smallest absolute Gasteiger partial charge is 0.325 e. The lowest BCUT2D eigenvalue weighted by Gasteiger charge is -2.10. The van der Waals surface area contributed by atoms with Crippen LogP contribution in [0.3, 0.4) is 0 Å². The number of aliphatic carboxylic acids is 1. The fourth-order valence-electron chi connectivity index (χ4n) is 1.46. The van der Waals surface area contributed by atoms with Crippen molar-refractivity contribution in [2.24, 2.45) is 0 Å². The number of carboxylic acids is 1. The zero-order valence-corrected chi connectivity index (χ0v) is 11.6. The normalized spacial score (nSPS) is 11.8. The average Bonchev–Trinajstić information content (AvgIpc) is 2.37. The minimum Gasteiger partial charge on any atom is -0.480 e. The Morgan fingerprint density at radius 3 is 1.65 bits per heavy atom. The van der Waals surface area contributed by atoms with Gasteiger partial charge in [0.1, 0.15) is 6.04 Å². The molecule has 6 heteroatoms. The van der Waals surface area contributed by atoms with Gasteiger partial charge in [-0.05, 0) is 45.0 Å². The number of carbonyl (C=O) groups is 3. The molecule has 0 unspecified atom stereocenters. The van der Waals surface area contributed by atoms with Gasteiger partial charge in [-0.25, -0.2) is 0 Å². The molecule has 0 radical (unpaired) electrons. The molecule has 0 aromatic heterocycles. The summed E-state index contributed by atoms with van der Waals surface area (Å²) >= 11 is 0. The van der Waals surface area contributed by atoms with Gasteiger partial charge < -0.3 is 15.7 Å². The third-order valence-electron chi connectivity index (χ3n) is 2.55. The van der Waals surface area contributed by atoms with Crippen molar-refractivity contribution in [3.63, 3.8) is 0 Å². The Morgan fingerprint density at radius 1 is 0.900 bits per heavy atom. The number of carbonyl (C=O) groups excluding carboxylic acids is 2. The van der Waals surface area contributed by atoms with Crippen LogP contribution in [0.15, 0.2) is 24.3 Å². The molecular formula is C14H18N2O4. The second-order valence-corrected chi connectivity index (χ2v) is 4.74. The molecule has 0 saturated carbocycles. The molecule has 108 valence electrons. The molecule has 0 aliphatic rings. The summed E-state index contributed by atoms with van der Waals surface area (Å²) in [5.74, 6) is -1.81. The topological polar surface area (TPSA) is 95.5 Å². The quantitative estimate of drug-likeness (QED) is 0.749. The number of nitrogens with one attached hydrogen (secondary N) is 2. The molecule has 1 atom stereocenters. The summed E-state index contributed by atoms with van der Waals surface area (Å²) in [4.78, 5) is 34.1. The third kappa shape index (κ3) is 4.38. The molecule has 0 aliphatic heterocycles. The van der Waals surface area contributed by atoms with Crippen LogP contribution in [0.25, 0.3) is 0 Å². The highest BCUT2D eigenvalue weighted by Gasteiger charge is 2.15. The maximum Gasteiger partial charge on any atom is 0.325 e. The molecule has 0 aliphatic carbocycles. The Morgan fingerprint density at radius 2 is 1.30 bits per heavy atom. The van der Waals surface area contributed by atoms with E-state index in [0.717, 1.165) is 0 Å². The van der Waals surface area contributed by atoms with E-state index in [1.165, 1.54) is 31.2 Å². The van der Waals surface area contributed by atoms with Crippen molar-refractivity contribution in [1.82, 2.24) is 10.6 Å². The molecule has 0 heterocycles. The minimum atomic E-state index is -1.11. The first-order valence-electron chi connectivity index (χ1n) is 6.26. The molecular weight excluding hydrogens is 260 g/mol.